The van der Waals surface area contributed by atoms with Crippen molar-refractivity contribution in [1.82, 2.24) is 15.8 Å². The molecule has 1 aromatic heterocycles. The predicted molar refractivity (Wildman–Crippen MR) is 43.3 cm³/mol. The van der Waals surface area contributed by atoms with Crippen molar-refractivity contribution in [2.24, 2.45) is 0 Å². The Labute approximate surface area is 74.9 Å². The van der Waals surface area contributed by atoms with Crippen LogP contribution in [0, 0.1) is 6.92 Å². The van der Waals surface area contributed by atoms with Gasteiger partial charge in [-0.2, -0.15) is 0 Å². The number of amides is 1. The number of hydrogen-bond acceptors (Lipinski definition) is 5. The van der Waals surface area contributed by atoms with Gasteiger partial charge in [0.15, 0.2) is 0 Å². The minimum Gasteiger partial charge on any atom is -0.434 e. The topological polar surface area (TPSA) is 87.4 Å². The molecule has 0 aliphatic heterocycles. The number of nitrogens with zero attached hydrogens (tertiary/aromatic N) is 1. The lowest BCUT2D eigenvalue weighted by atomic mass is 10.4. The molecular formula is C7H11N3O3. The van der Waals surface area contributed by atoms with Crippen molar-refractivity contribution in [3.63, 3.8) is 0 Å². The molecule has 0 atom stereocenters. The van der Waals surface area contributed by atoms with Crippen LogP contribution >= 0.6 is 0 Å². The average Bonchev–Trinajstić information content (AvgIpc) is 2.46. The molecule has 0 aliphatic carbocycles. The molecule has 0 spiro atoms. The lowest BCUT2D eigenvalue weighted by Crippen LogP contribution is -2.18. The van der Waals surface area contributed by atoms with Gasteiger partial charge in [-0.05, 0) is 14.0 Å². The van der Waals surface area contributed by atoms with Crippen LogP contribution in [0.15, 0.2) is 4.42 Å². The molecule has 72 valence electrons. The van der Waals surface area contributed by atoms with Crippen LogP contribution in [0.2, 0.25) is 0 Å². The summed E-state index contributed by atoms with van der Waals surface area (Å²) in [5.74, 6) is -0.237. The van der Waals surface area contributed by atoms with Gasteiger partial charge in [0.2, 0.25) is 11.7 Å². The molecule has 1 heterocycles. The van der Waals surface area contributed by atoms with Gasteiger partial charge in [0, 0.05) is 0 Å². The monoisotopic (exact) mass is 185 g/mol. The summed E-state index contributed by atoms with van der Waals surface area (Å²) in [4.78, 5) is 14.9. The summed E-state index contributed by atoms with van der Waals surface area (Å²) in [6.07, 6.45) is 0. The van der Waals surface area contributed by atoms with Crippen LogP contribution in [0.3, 0.4) is 0 Å². The Bertz CT molecular complexity index is 308. The van der Waals surface area contributed by atoms with E-state index in [0.717, 1.165) is 0 Å². The maximum atomic E-state index is 10.9. The van der Waals surface area contributed by atoms with Crippen LogP contribution < -0.4 is 10.8 Å². The predicted octanol–water partition coefficient (Wildman–Crippen LogP) is -0.179. The lowest BCUT2D eigenvalue weighted by molar-refractivity contribution is 0.0673. The molecule has 0 fully saturated rings. The molecule has 6 nitrogen and oxygen atoms in total. The van der Waals surface area contributed by atoms with E-state index in [0.29, 0.717) is 18.1 Å². The highest BCUT2D eigenvalue weighted by atomic mass is 16.5. The highest BCUT2D eigenvalue weighted by Crippen LogP contribution is 2.09. The lowest BCUT2D eigenvalue weighted by Gasteiger charge is -1.92. The van der Waals surface area contributed by atoms with Crippen molar-refractivity contribution >= 4 is 5.91 Å². The third kappa shape index (κ3) is 2.04. The molecule has 0 radical (unpaired) electrons. The highest BCUT2D eigenvalue weighted by molar-refractivity contribution is 5.91. The number of aromatic nitrogens is 1. The second-order valence-electron chi connectivity index (χ2n) is 2.49. The van der Waals surface area contributed by atoms with Gasteiger partial charge in [0.1, 0.15) is 0 Å². The Hall–Kier alpha value is -1.40. The number of carbonyl (C=O) groups excluding carboxylic acids is 1. The van der Waals surface area contributed by atoms with E-state index in [4.69, 9.17) is 9.62 Å². The van der Waals surface area contributed by atoms with Gasteiger partial charge >= 0.3 is 5.91 Å². The van der Waals surface area contributed by atoms with Crippen LogP contribution in [-0.2, 0) is 6.54 Å². The van der Waals surface area contributed by atoms with Crippen LogP contribution in [0.1, 0.15) is 22.1 Å². The smallest absolute Gasteiger partial charge is 0.312 e. The average molecular weight is 185 g/mol. The first-order valence-electron chi connectivity index (χ1n) is 3.74. The Balaban J connectivity index is 2.89. The van der Waals surface area contributed by atoms with Crippen molar-refractivity contribution in [3.8, 4) is 0 Å². The zero-order chi connectivity index (χ0) is 9.84. The van der Waals surface area contributed by atoms with Gasteiger partial charge in [0.05, 0.1) is 12.2 Å². The molecule has 1 aromatic rings. The maximum absolute atomic E-state index is 10.9. The maximum Gasteiger partial charge on any atom is 0.312 e. The summed E-state index contributed by atoms with van der Waals surface area (Å²) in [7, 11) is 1.74. The van der Waals surface area contributed by atoms with E-state index in [-0.39, 0.29) is 5.76 Å². The zero-order valence-electron chi connectivity index (χ0n) is 7.42. The van der Waals surface area contributed by atoms with E-state index in [1.807, 2.05) is 0 Å². The normalized spacial score (nSPS) is 10.1. The molecular weight excluding hydrogens is 174 g/mol. The largest absolute Gasteiger partial charge is 0.434 e. The molecule has 0 saturated carbocycles. The van der Waals surface area contributed by atoms with E-state index in [1.165, 1.54) is 5.48 Å². The Kier molecular flexibility index (Phi) is 2.99. The zero-order valence-corrected chi connectivity index (χ0v) is 7.42. The first-order chi connectivity index (χ1) is 6.19. The summed E-state index contributed by atoms with van der Waals surface area (Å²) < 4.78 is 5.06. The van der Waals surface area contributed by atoms with Crippen LogP contribution in [0.5, 0.6) is 0 Å². The Morgan fingerprint density at radius 1 is 1.69 bits per heavy atom. The third-order valence-electron chi connectivity index (χ3n) is 1.48. The van der Waals surface area contributed by atoms with E-state index in [2.05, 4.69) is 10.3 Å². The van der Waals surface area contributed by atoms with Gasteiger partial charge in [-0.25, -0.2) is 10.5 Å². The molecule has 3 N–H and O–H groups in total. The van der Waals surface area contributed by atoms with Crippen molar-refractivity contribution in [1.29, 1.82) is 0 Å². The minimum atomic E-state index is -0.688. The van der Waals surface area contributed by atoms with Gasteiger partial charge < -0.3 is 9.73 Å². The number of oxazole rings is 1. The molecule has 13 heavy (non-hydrogen) atoms. The van der Waals surface area contributed by atoms with Gasteiger partial charge in [-0.15, -0.1) is 0 Å². The number of hydroxylamine groups is 1. The highest BCUT2D eigenvalue weighted by Gasteiger charge is 2.15. The number of carbonyl (C=O) groups is 1. The molecule has 6 heteroatoms. The van der Waals surface area contributed by atoms with Crippen molar-refractivity contribution < 1.29 is 14.4 Å². The van der Waals surface area contributed by atoms with Gasteiger partial charge in [-0.1, -0.05) is 0 Å². The minimum absolute atomic E-state index is 0.0350. The van der Waals surface area contributed by atoms with E-state index in [9.17, 15) is 4.79 Å². The van der Waals surface area contributed by atoms with E-state index in [1.54, 1.807) is 14.0 Å². The van der Waals surface area contributed by atoms with Gasteiger partial charge in [0.25, 0.3) is 0 Å². The second kappa shape index (κ2) is 4.01. The van der Waals surface area contributed by atoms with Crippen molar-refractivity contribution in [2.45, 2.75) is 13.5 Å². The summed E-state index contributed by atoms with van der Waals surface area (Å²) in [6, 6.07) is 0. The number of aryl methyl sites for hydroxylation is 1. The second-order valence-corrected chi connectivity index (χ2v) is 2.49. The third-order valence-corrected chi connectivity index (χ3v) is 1.48. The molecule has 0 aromatic carbocycles. The fraction of sp³-hybridized carbons (Fsp3) is 0.429. The number of rotatable bonds is 3. The molecule has 0 bridgehead atoms. The molecule has 1 amide bonds. The molecule has 0 saturated heterocycles. The molecule has 0 unspecified atom stereocenters. The first kappa shape index (κ1) is 9.69. The summed E-state index contributed by atoms with van der Waals surface area (Å²) in [5.41, 5.74) is 1.94. The number of hydrogen-bond donors (Lipinski definition) is 3. The summed E-state index contributed by atoms with van der Waals surface area (Å²) >= 11 is 0. The van der Waals surface area contributed by atoms with Crippen LogP contribution in [0.25, 0.3) is 0 Å². The SMILES string of the molecule is CNCc1nc(C)c(C(=O)NO)o1. The van der Waals surface area contributed by atoms with Crippen LogP contribution in [0.4, 0.5) is 0 Å². The Morgan fingerprint density at radius 2 is 2.38 bits per heavy atom. The standard InChI is InChI=1S/C7H11N3O3/c1-4-6(7(11)10-12)13-5(9-4)3-8-2/h8,12H,3H2,1-2H3,(H,10,11). The Morgan fingerprint density at radius 3 is 2.92 bits per heavy atom. The van der Waals surface area contributed by atoms with Gasteiger partial charge in [-0.3, -0.25) is 10.0 Å². The molecule has 1 rings (SSSR count). The van der Waals surface area contributed by atoms with Crippen molar-refractivity contribution in [3.05, 3.63) is 17.3 Å². The fourth-order valence-electron chi connectivity index (χ4n) is 0.941. The summed E-state index contributed by atoms with van der Waals surface area (Å²) in [6.45, 7) is 2.08. The molecule has 0 aliphatic rings. The van der Waals surface area contributed by atoms with E-state index < -0.39 is 5.91 Å². The quantitative estimate of drug-likeness (QED) is 0.449. The summed E-state index contributed by atoms with van der Waals surface area (Å²) in [5, 5.41) is 11.2. The van der Waals surface area contributed by atoms with Crippen molar-refractivity contribution in [2.75, 3.05) is 7.05 Å². The van der Waals surface area contributed by atoms with E-state index >= 15 is 0 Å². The van der Waals surface area contributed by atoms with Crippen LogP contribution in [-0.4, -0.2) is 23.1 Å². The number of nitrogens with one attached hydrogen (secondary N) is 2. The first-order valence-corrected chi connectivity index (χ1v) is 3.74. The fourth-order valence-corrected chi connectivity index (χ4v) is 0.941.